The predicted octanol–water partition coefficient (Wildman–Crippen LogP) is 9.40. The molecular formula is C31H24Br2. The lowest BCUT2D eigenvalue weighted by atomic mass is 9.89. The van der Waals surface area contributed by atoms with Gasteiger partial charge in [-0.25, -0.2) is 0 Å². The fourth-order valence-corrected chi connectivity index (χ4v) is 5.33. The van der Waals surface area contributed by atoms with Crippen LogP contribution >= 0.6 is 31.9 Å². The molecule has 0 aliphatic heterocycles. The summed E-state index contributed by atoms with van der Waals surface area (Å²) in [5, 5.41) is 1.74. The van der Waals surface area contributed by atoms with Crippen molar-refractivity contribution in [2.45, 2.75) is 17.1 Å². The van der Waals surface area contributed by atoms with Gasteiger partial charge in [0.25, 0.3) is 0 Å². The van der Waals surface area contributed by atoms with E-state index in [4.69, 9.17) is 0 Å². The molecule has 5 rings (SSSR count). The van der Waals surface area contributed by atoms with Gasteiger partial charge >= 0.3 is 0 Å². The maximum Gasteiger partial charge on any atom is 0.0283 e. The van der Waals surface area contributed by atoms with E-state index in [9.17, 15) is 0 Å². The highest BCUT2D eigenvalue weighted by Gasteiger charge is 2.28. The molecule has 0 amide bonds. The number of allylic oxidation sites excluding steroid dienone is 4. The monoisotopic (exact) mass is 554 g/mol. The quantitative estimate of drug-likeness (QED) is 0.208. The van der Waals surface area contributed by atoms with E-state index in [1.165, 1.54) is 55.7 Å². The van der Waals surface area contributed by atoms with Gasteiger partial charge in [-0.3, -0.25) is 0 Å². The summed E-state index contributed by atoms with van der Waals surface area (Å²) in [6, 6.07) is 39.7. The molecule has 162 valence electrons. The second-order valence-electron chi connectivity index (χ2n) is 8.28. The van der Waals surface area contributed by atoms with Crippen molar-refractivity contribution in [1.29, 1.82) is 0 Å². The zero-order valence-electron chi connectivity index (χ0n) is 18.3. The van der Waals surface area contributed by atoms with Crippen molar-refractivity contribution >= 4 is 54.2 Å². The minimum atomic E-state index is 0.872. The molecule has 0 nitrogen and oxygen atoms in total. The lowest BCUT2D eigenvalue weighted by Gasteiger charge is -2.14. The number of alkyl halides is 2. The number of rotatable bonds is 6. The fraction of sp³-hybridized carbons (Fsp3) is 0.0968. The zero-order valence-corrected chi connectivity index (χ0v) is 21.4. The van der Waals surface area contributed by atoms with Crippen LogP contribution in [0, 0.1) is 0 Å². The Morgan fingerprint density at radius 1 is 0.424 bits per heavy atom. The van der Waals surface area contributed by atoms with Crippen LogP contribution < -0.4 is 0 Å². The first-order chi connectivity index (χ1) is 16.3. The van der Waals surface area contributed by atoms with E-state index in [1.54, 1.807) is 0 Å². The van der Waals surface area contributed by atoms with E-state index in [2.05, 4.69) is 141 Å². The Morgan fingerprint density at radius 3 is 1.12 bits per heavy atom. The summed E-state index contributed by atoms with van der Waals surface area (Å²) >= 11 is 7.17. The van der Waals surface area contributed by atoms with Gasteiger partial charge in [0.1, 0.15) is 0 Å². The first-order valence-electron chi connectivity index (χ1n) is 11.2. The van der Waals surface area contributed by atoms with E-state index in [-0.39, 0.29) is 0 Å². The van der Waals surface area contributed by atoms with Gasteiger partial charge in [-0.2, -0.15) is 0 Å². The summed E-state index contributed by atoms with van der Waals surface area (Å²) in [4.78, 5) is 0. The van der Waals surface area contributed by atoms with Crippen molar-refractivity contribution in [3.05, 3.63) is 143 Å². The summed E-state index contributed by atoms with van der Waals surface area (Å²) in [6.45, 7) is 0. The van der Waals surface area contributed by atoms with Crippen LogP contribution in [0.4, 0.5) is 0 Å². The summed E-state index contributed by atoms with van der Waals surface area (Å²) in [6.07, 6.45) is 0.912. The topological polar surface area (TPSA) is 0 Å². The molecule has 0 atom stereocenters. The Morgan fingerprint density at radius 2 is 0.788 bits per heavy atom. The molecule has 0 N–H and O–H groups in total. The minimum absolute atomic E-state index is 0.872. The molecule has 0 fully saturated rings. The van der Waals surface area contributed by atoms with Gasteiger partial charge in [0.05, 0.1) is 0 Å². The number of halogens is 2. The Labute approximate surface area is 213 Å². The van der Waals surface area contributed by atoms with Crippen LogP contribution in [-0.2, 0) is 10.7 Å². The van der Waals surface area contributed by atoms with E-state index in [0.717, 1.165) is 17.1 Å². The van der Waals surface area contributed by atoms with E-state index in [0.29, 0.717) is 0 Å². The van der Waals surface area contributed by atoms with Crippen molar-refractivity contribution < 1.29 is 0 Å². The third-order valence-corrected chi connectivity index (χ3v) is 7.54. The van der Waals surface area contributed by atoms with Crippen molar-refractivity contribution in [2.24, 2.45) is 0 Å². The molecule has 0 saturated heterocycles. The molecule has 0 unspecified atom stereocenters. The SMILES string of the molecule is BrCc1ccc(C2=C(c3ccccc3)C(c3ccccc3)=C(c3ccc(CBr)cc3)C2)cc1. The molecule has 0 radical (unpaired) electrons. The Bertz CT molecular complexity index is 1190. The van der Waals surface area contributed by atoms with Gasteiger partial charge in [0, 0.05) is 10.7 Å². The minimum Gasteiger partial charge on any atom is -0.0876 e. The van der Waals surface area contributed by atoms with Gasteiger partial charge in [-0.1, -0.05) is 141 Å². The van der Waals surface area contributed by atoms with E-state index in [1.807, 2.05) is 0 Å². The standard InChI is InChI=1S/C31H24Br2/c32-20-22-11-15-24(16-12-22)28-19-29(25-17-13-23(21-33)14-18-25)31(27-9-5-2-6-10-27)30(28)26-7-3-1-4-8-26/h1-18H,19-21H2. The average Bonchev–Trinajstić information content (AvgIpc) is 3.30. The largest absolute Gasteiger partial charge is 0.0876 e. The fourth-order valence-electron chi connectivity index (χ4n) is 4.58. The molecule has 1 aliphatic rings. The number of hydrogen-bond donors (Lipinski definition) is 0. The number of benzene rings is 4. The highest BCUT2D eigenvalue weighted by Crippen LogP contribution is 2.51. The summed E-state index contributed by atoms with van der Waals surface area (Å²) in [5.41, 5.74) is 13.2. The lowest BCUT2D eigenvalue weighted by Crippen LogP contribution is -1.92. The van der Waals surface area contributed by atoms with Gasteiger partial charge < -0.3 is 0 Å². The van der Waals surface area contributed by atoms with Crippen molar-refractivity contribution in [1.82, 2.24) is 0 Å². The molecular weight excluding hydrogens is 532 g/mol. The lowest BCUT2D eigenvalue weighted by molar-refractivity contribution is 1.37. The third kappa shape index (κ3) is 4.55. The van der Waals surface area contributed by atoms with Crippen LogP contribution in [-0.4, -0.2) is 0 Å². The highest BCUT2D eigenvalue weighted by atomic mass is 79.9. The van der Waals surface area contributed by atoms with Crippen LogP contribution in [0.25, 0.3) is 22.3 Å². The smallest absolute Gasteiger partial charge is 0.0283 e. The molecule has 0 aromatic heterocycles. The van der Waals surface area contributed by atoms with Crippen LogP contribution in [0.1, 0.15) is 39.8 Å². The molecule has 2 heteroatoms. The Hall–Kier alpha value is -2.68. The normalized spacial score (nSPS) is 13.6. The maximum absolute atomic E-state index is 3.58. The molecule has 1 aliphatic carbocycles. The second kappa shape index (κ2) is 10.1. The van der Waals surface area contributed by atoms with Crippen LogP contribution in [0.5, 0.6) is 0 Å². The maximum atomic E-state index is 3.58. The summed E-state index contributed by atoms with van der Waals surface area (Å²) < 4.78 is 0. The van der Waals surface area contributed by atoms with E-state index >= 15 is 0 Å². The molecule has 4 aromatic rings. The van der Waals surface area contributed by atoms with Gasteiger partial charge in [0.15, 0.2) is 0 Å². The van der Waals surface area contributed by atoms with Gasteiger partial charge in [-0.15, -0.1) is 0 Å². The Kier molecular flexibility index (Phi) is 6.75. The zero-order chi connectivity index (χ0) is 22.6. The molecule has 33 heavy (non-hydrogen) atoms. The third-order valence-electron chi connectivity index (χ3n) is 6.25. The van der Waals surface area contributed by atoms with Crippen LogP contribution in [0.2, 0.25) is 0 Å². The van der Waals surface area contributed by atoms with Crippen LogP contribution in [0.3, 0.4) is 0 Å². The highest BCUT2D eigenvalue weighted by molar-refractivity contribution is 9.08. The van der Waals surface area contributed by atoms with Crippen LogP contribution in [0.15, 0.2) is 109 Å². The van der Waals surface area contributed by atoms with Crippen molar-refractivity contribution in [2.75, 3.05) is 0 Å². The first kappa shape index (κ1) is 22.1. The molecule has 0 saturated carbocycles. The van der Waals surface area contributed by atoms with Crippen molar-refractivity contribution in [3.63, 3.8) is 0 Å². The molecule has 4 aromatic carbocycles. The van der Waals surface area contributed by atoms with Gasteiger partial charge in [0.2, 0.25) is 0 Å². The first-order valence-corrected chi connectivity index (χ1v) is 13.4. The summed E-state index contributed by atoms with van der Waals surface area (Å²) in [7, 11) is 0. The predicted molar refractivity (Wildman–Crippen MR) is 149 cm³/mol. The van der Waals surface area contributed by atoms with Gasteiger partial charge in [-0.05, 0) is 62.1 Å². The van der Waals surface area contributed by atoms with E-state index < -0.39 is 0 Å². The van der Waals surface area contributed by atoms with Crippen molar-refractivity contribution in [3.8, 4) is 0 Å². The molecule has 0 spiro atoms. The molecule has 0 bridgehead atoms. The Balaban J connectivity index is 1.75. The second-order valence-corrected chi connectivity index (χ2v) is 9.40. The average molecular weight is 556 g/mol. The summed E-state index contributed by atoms with van der Waals surface area (Å²) in [5.74, 6) is 0. The number of hydrogen-bond acceptors (Lipinski definition) is 0. The molecule has 0 heterocycles.